The highest BCUT2D eigenvalue weighted by Crippen LogP contribution is 2.35. The van der Waals surface area contributed by atoms with Gasteiger partial charge in [-0.15, -0.1) is 0 Å². The largest absolute Gasteiger partial charge is 0.506 e. The molecule has 1 aromatic heterocycles. The zero-order chi connectivity index (χ0) is 11.2. The van der Waals surface area contributed by atoms with Crippen LogP contribution in [0.15, 0.2) is 16.9 Å². The molecule has 2 rings (SSSR count). The highest BCUT2D eigenvalue weighted by atomic mass is 35.5. The molecule has 15 heavy (non-hydrogen) atoms. The van der Waals surface area contributed by atoms with Gasteiger partial charge in [-0.2, -0.15) is 0 Å². The van der Waals surface area contributed by atoms with E-state index in [1.807, 2.05) is 0 Å². The van der Waals surface area contributed by atoms with Crippen LogP contribution in [-0.2, 0) is 0 Å². The number of anilines is 1. The van der Waals surface area contributed by atoms with Gasteiger partial charge in [0.1, 0.15) is 5.75 Å². The normalized spacial score (nSPS) is 10.8. The number of phenolic OH excluding ortho intramolecular Hbond substituents is 1. The van der Waals surface area contributed by atoms with Crippen molar-refractivity contribution in [3.05, 3.63) is 33.1 Å². The number of aromatic amines is 1. The number of halogens is 1. The van der Waals surface area contributed by atoms with Crippen LogP contribution in [0.2, 0.25) is 5.02 Å². The SMILES string of the molecule is Cc1cc(=O)[nH]c2c(O)cc(N)c(Cl)c12. The summed E-state index contributed by atoms with van der Waals surface area (Å²) < 4.78 is 0. The molecule has 0 fully saturated rings. The average Bonchev–Trinajstić information content (AvgIpc) is 2.13. The Kier molecular flexibility index (Phi) is 2.08. The fourth-order valence-electron chi connectivity index (χ4n) is 1.59. The number of aromatic nitrogens is 1. The molecule has 0 saturated carbocycles. The molecule has 78 valence electrons. The van der Waals surface area contributed by atoms with Crippen LogP contribution in [0.25, 0.3) is 10.9 Å². The van der Waals surface area contributed by atoms with Crippen molar-refractivity contribution >= 4 is 28.2 Å². The number of hydrogen-bond donors (Lipinski definition) is 3. The van der Waals surface area contributed by atoms with Crippen LogP contribution in [0.4, 0.5) is 5.69 Å². The summed E-state index contributed by atoms with van der Waals surface area (Å²) in [7, 11) is 0. The maximum Gasteiger partial charge on any atom is 0.248 e. The molecule has 1 heterocycles. The first-order valence-corrected chi connectivity index (χ1v) is 4.69. The first-order valence-electron chi connectivity index (χ1n) is 4.31. The smallest absolute Gasteiger partial charge is 0.248 e. The van der Waals surface area contributed by atoms with Gasteiger partial charge in [0.15, 0.2) is 0 Å². The van der Waals surface area contributed by atoms with E-state index in [4.69, 9.17) is 17.3 Å². The predicted octanol–water partition coefficient (Wildman–Crippen LogP) is 1.78. The number of aromatic hydroxyl groups is 1. The van der Waals surface area contributed by atoms with Gasteiger partial charge in [0.2, 0.25) is 5.56 Å². The lowest BCUT2D eigenvalue weighted by atomic mass is 10.1. The maximum atomic E-state index is 11.2. The van der Waals surface area contributed by atoms with Crippen molar-refractivity contribution in [2.45, 2.75) is 6.92 Å². The van der Waals surface area contributed by atoms with Gasteiger partial charge in [-0.1, -0.05) is 11.6 Å². The molecule has 0 aliphatic heterocycles. The molecule has 1 aromatic carbocycles. The number of nitrogens with one attached hydrogen (secondary N) is 1. The lowest BCUT2D eigenvalue weighted by molar-refractivity contribution is 0.480. The zero-order valence-electron chi connectivity index (χ0n) is 7.97. The van der Waals surface area contributed by atoms with Gasteiger partial charge in [0, 0.05) is 17.5 Å². The van der Waals surface area contributed by atoms with Crippen LogP contribution in [0.3, 0.4) is 0 Å². The van der Waals surface area contributed by atoms with E-state index in [1.54, 1.807) is 6.92 Å². The first kappa shape index (κ1) is 9.86. The van der Waals surface area contributed by atoms with Crippen LogP contribution < -0.4 is 11.3 Å². The predicted molar refractivity (Wildman–Crippen MR) is 60.4 cm³/mol. The molecule has 4 nitrogen and oxygen atoms in total. The van der Waals surface area contributed by atoms with E-state index in [2.05, 4.69) is 4.98 Å². The van der Waals surface area contributed by atoms with Crippen molar-refractivity contribution in [2.75, 3.05) is 5.73 Å². The van der Waals surface area contributed by atoms with Crippen molar-refractivity contribution in [1.29, 1.82) is 0 Å². The Morgan fingerprint density at radius 1 is 1.47 bits per heavy atom. The summed E-state index contributed by atoms with van der Waals surface area (Å²) in [6.45, 7) is 1.74. The highest BCUT2D eigenvalue weighted by molar-refractivity contribution is 6.38. The van der Waals surface area contributed by atoms with Gasteiger partial charge in [0.05, 0.1) is 16.2 Å². The number of H-pyrrole nitrogens is 1. The number of hydrogen-bond acceptors (Lipinski definition) is 3. The maximum absolute atomic E-state index is 11.2. The minimum atomic E-state index is -0.281. The topological polar surface area (TPSA) is 79.1 Å². The lowest BCUT2D eigenvalue weighted by Gasteiger charge is -2.08. The molecule has 0 aliphatic rings. The Balaban J connectivity index is 3.09. The Morgan fingerprint density at radius 2 is 2.13 bits per heavy atom. The number of rotatable bonds is 0. The van der Waals surface area contributed by atoms with Crippen LogP contribution in [-0.4, -0.2) is 10.1 Å². The second-order valence-electron chi connectivity index (χ2n) is 3.37. The number of phenols is 1. The molecular formula is C10H9ClN2O2. The number of nitrogens with two attached hydrogens (primary N) is 1. The van der Waals surface area contributed by atoms with Gasteiger partial charge in [-0.05, 0) is 12.5 Å². The van der Waals surface area contributed by atoms with E-state index in [0.29, 0.717) is 21.5 Å². The summed E-state index contributed by atoms with van der Waals surface area (Å²) in [6.07, 6.45) is 0. The molecular weight excluding hydrogens is 216 g/mol. The highest BCUT2D eigenvalue weighted by Gasteiger charge is 2.11. The molecule has 0 amide bonds. The summed E-state index contributed by atoms with van der Waals surface area (Å²) in [5.74, 6) is -0.0762. The molecule has 0 unspecified atom stereocenters. The van der Waals surface area contributed by atoms with E-state index in [9.17, 15) is 9.90 Å². The molecule has 0 spiro atoms. The summed E-state index contributed by atoms with van der Waals surface area (Å²) in [5.41, 5.74) is 6.62. The fourth-order valence-corrected chi connectivity index (χ4v) is 1.89. The van der Waals surface area contributed by atoms with E-state index < -0.39 is 0 Å². The zero-order valence-corrected chi connectivity index (χ0v) is 8.72. The summed E-state index contributed by atoms with van der Waals surface area (Å²) in [6, 6.07) is 2.73. The monoisotopic (exact) mass is 224 g/mol. The van der Waals surface area contributed by atoms with E-state index in [0.717, 1.165) is 0 Å². The Morgan fingerprint density at radius 3 is 2.80 bits per heavy atom. The third kappa shape index (κ3) is 1.43. The van der Waals surface area contributed by atoms with Gasteiger partial charge >= 0.3 is 0 Å². The van der Waals surface area contributed by atoms with Gasteiger partial charge in [0.25, 0.3) is 0 Å². The number of pyridine rings is 1. The summed E-state index contributed by atoms with van der Waals surface area (Å²) in [5, 5.41) is 10.5. The molecule has 0 atom stereocenters. The van der Waals surface area contributed by atoms with Crippen LogP contribution in [0.1, 0.15) is 5.56 Å². The first-order chi connectivity index (χ1) is 7.00. The molecule has 0 aliphatic carbocycles. The van der Waals surface area contributed by atoms with E-state index >= 15 is 0 Å². The van der Waals surface area contributed by atoms with Gasteiger partial charge < -0.3 is 15.8 Å². The van der Waals surface area contributed by atoms with E-state index in [1.165, 1.54) is 12.1 Å². The summed E-state index contributed by atoms with van der Waals surface area (Å²) >= 11 is 6.00. The minimum absolute atomic E-state index is 0.0762. The van der Waals surface area contributed by atoms with Crippen molar-refractivity contribution in [3.8, 4) is 5.75 Å². The van der Waals surface area contributed by atoms with Gasteiger partial charge in [-0.3, -0.25) is 4.79 Å². The second kappa shape index (κ2) is 3.17. The fraction of sp³-hybridized carbons (Fsp3) is 0.100. The van der Waals surface area contributed by atoms with Crippen molar-refractivity contribution in [2.24, 2.45) is 0 Å². The minimum Gasteiger partial charge on any atom is -0.506 e. The molecule has 0 saturated heterocycles. The standard InChI is InChI=1S/C10H9ClN2O2/c1-4-2-7(15)13-10-6(14)3-5(12)9(11)8(4)10/h2-3,14H,12H2,1H3,(H,13,15). The molecule has 2 aromatic rings. The number of fused-ring (bicyclic) bond motifs is 1. The molecule has 4 N–H and O–H groups in total. The van der Waals surface area contributed by atoms with Crippen molar-refractivity contribution < 1.29 is 5.11 Å². The Labute approximate surface area is 90.3 Å². The van der Waals surface area contributed by atoms with Crippen LogP contribution >= 0.6 is 11.6 Å². The van der Waals surface area contributed by atoms with Crippen LogP contribution in [0, 0.1) is 6.92 Å². The Hall–Kier alpha value is -1.68. The van der Waals surface area contributed by atoms with Crippen LogP contribution in [0.5, 0.6) is 5.75 Å². The molecule has 5 heteroatoms. The summed E-state index contributed by atoms with van der Waals surface area (Å²) in [4.78, 5) is 13.7. The van der Waals surface area contributed by atoms with E-state index in [-0.39, 0.29) is 17.0 Å². The quantitative estimate of drug-likeness (QED) is 0.597. The van der Waals surface area contributed by atoms with Gasteiger partial charge in [-0.25, -0.2) is 0 Å². The van der Waals surface area contributed by atoms with Crippen molar-refractivity contribution in [3.63, 3.8) is 0 Å². The molecule has 0 bridgehead atoms. The lowest BCUT2D eigenvalue weighted by Crippen LogP contribution is -2.05. The van der Waals surface area contributed by atoms with Crippen molar-refractivity contribution in [1.82, 2.24) is 4.98 Å². The third-order valence-electron chi connectivity index (χ3n) is 2.26. The number of nitrogen functional groups attached to an aromatic ring is 1. The second-order valence-corrected chi connectivity index (χ2v) is 3.74. The number of aryl methyl sites for hydroxylation is 1. The third-order valence-corrected chi connectivity index (χ3v) is 2.67. The average molecular weight is 225 g/mol. The molecule has 0 radical (unpaired) electrons. The number of benzene rings is 1. The Bertz CT molecular complexity index is 604.